The summed E-state index contributed by atoms with van der Waals surface area (Å²) in [6, 6.07) is 7.91. The third-order valence-electron chi connectivity index (χ3n) is 3.45. The number of aromatic nitrogens is 2. The fraction of sp³-hybridized carbons (Fsp3) is 0.357. The van der Waals surface area contributed by atoms with E-state index in [1.807, 2.05) is 24.3 Å². The van der Waals surface area contributed by atoms with Crippen LogP contribution in [-0.2, 0) is 9.53 Å². The molecule has 0 aliphatic carbocycles. The van der Waals surface area contributed by atoms with E-state index >= 15 is 0 Å². The Morgan fingerprint density at radius 2 is 2.24 bits per heavy atom. The van der Waals surface area contributed by atoms with E-state index in [-0.39, 0.29) is 12.0 Å². The topological polar surface area (TPSA) is 90.1 Å². The zero-order chi connectivity index (χ0) is 14.7. The zero-order valence-corrected chi connectivity index (χ0v) is 12.2. The summed E-state index contributed by atoms with van der Waals surface area (Å²) in [4.78, 5) is 20.0. The molecule has 0 saturated carbocycles. The molecule has 0 bridgehead atoms. The summed E-state index contributed by atoms with van der Waals surface area (Å²) in [5.41, 5.74) is 3.07. The molecule has 2 unspecified atom stereocenters. The molecular weight excluding hydrogens is 288 g/mol. The number of thioether (sulfide) groups is 1. The van der Waals surface area contributed by atoms with Crippen LogP contribution in [0.5, 0.6) is 0 Å². The minimum Gasteiger partial charge on any atom is -0.364 e. The second-order valence-corrected chi connectivity index (χ2v) is 5.85. The Labute approximate surface area is 126 Å². The Balaban J connectivity index is 1.64. The molecule has 0 spiro atoms. The van der Waals surface area contributed by atoms with E-state index in [9.17, 15) is 4.79 Å². The number of nitrogens with one attached hydrogen (secondary N) is 1. The average Bonchev–Trinajstić information content (AvgIpc) is 3.01. The molecule has 1 saturated heterocycles. The molecule has 1 aromatic carbocycles. The third kappa shape index (κ3) is 3.15. The van der Waals surface area contributed by atoms with E-state index in [0.29, 0.717) is 6.42 Å². The van der Waals surface area contributed by atoms with Gasteiger partial charge in [-0.1, -0.05) is 18.2 Å². The van der Waals surface area contributed by atoms with Crippen LogP contribution in [0, 0.1) is 0 Å². The van der Waals surface area contributed by atoms with Gasteiger partial charge >= 0.3 is 0 Å². The molecular formula is C14H16N4O2S. The molecule has 0 radical (unpaired) electrons. The lowest BCUT2D eigenvalue weighted by molar-refractivity contribution is -0.131. The van der Waals surface area contributed by atoms with Gasteiger partial charge in [-0.2, -0.15) is 0 Å². The first-order valence-corrected chi connectivity index (χ1v) is 7.75. The Morgan fingerprint density at radius 3 is 3.10 bits per heavy atom. The number of benzene rings is 1. The summed E-state index contributed by atoms with van der Waals surface area (Å²) in [6.45, 7) is 0. The summed E-state index contributed by atoms with van der Waals surface area (Å²) < 4.78 is 5.69. The van der Waals surface area contributed by atoms with Crippen molar-refractivity contribution in [2.75, 3.05) is 5.75 Å². The predicted octanol–water partition coefficient (Wildman–Crippen LogP) is 1.26. The van der Waals surface area contributed by atoms with Crippen molar-refractivity contribution in [1.29, 1.82) is 0 Å². The minimum absolute atomic E-state index is 0.0472. The molecule has 21 heavy (non-hydrogen) atoms. The quantitative estimate of drug-likeness (QED) is 0.290. The van der Waals surface area contributed by atoms with E-state index in [0.717, 1.165) is 28.1 Å². The smallest absolute Gasteiger partial charge is 0.263 e. The van der Waals surface area contributed by atoms with E-state index in [1.165, 1.54) is 0 Å². The van der Waals surface area contributed by atoms with E-state index in [2.05, 4.69) is 15.4 Å². The summed E-state index contributed by atoms with van der Waals surface area (Å²) >= 11 is 1.63. The van der Waals surface area contributed by atoms with Crippen molar-refractivity contribution in [1.82, 2.24) is 15.4 Å². The lowest BCUT2D eigenvalue weighted by Crippen LogP contribution is -2.39. The highest BCUT2D eigenvalue weighted by Crippen LogP contribution is 2.29. The second kappa shape index (κ2) is 6.38. The maximum atomic E-state index is 11.4. The maximum absolute atomic E-state index is 11.4. The standard InChI is InChI=1S/C14H16N4O2S/c15-18-13(19)12-6-5-9(20-12)7-21-14-10-3-1-2-4-11(10)16-8-17-14/h1-4,8-9,12H,5-7,15H2,(H,18,19). The average molecular weight is 304 g/mol. The number of nitrogens with two attached hydrogens (primary N) is 1. The Bertz CT molecular complexity index is 646. The number of ether oxygens (including phenoxy) is 1. The van der Waals surface area contributed by atoms with Crippen LogP contribution in [0.3, 0.4) is 0 Å². The van der Waals surface area contributed by atoms with Gasteiger partial charge in [0.25, 0.3) is 5.91 Å². The molecule has 3 N–H and O–H groups in total. The van der Waals surface area contributed by atoms with Crippen LogP contribution in [0.4, 0.5) is 0 Å². The first-order valence-electron chi connectivity index (χ1n) is 6.76. The van der Waals surface area contributed by atoms with Gasteiger partial charge in [-0.15, -0.1) is 11.8 Å². The van der Waals surface area contributed by atoms with Crippen LogP contribution >= 0.6 is 11.8 Å². The van der Waals surface area contributed by atoms with Gasteiger partial charge in [-0.3, -0.25) is 10.2 Å². The third-order valence-corrected chi connectivity index (χ3v) is 4.59. The monoisotopic (exact) mass is 304 g/mol. The number of para-hydroxylation sites is 1. The Hall–Kier alpha value is -1.70. The lowest BCUT2D eigenvalue weighted by Gasteiger charge is -2.12. The fourth-order valence-electron chi connectivity index (χ4n) is 2.38. The van der Waals surface area contributed by atoms with Crippen LogP contribution in [0.2, 0.25) is 0 Å². The SMILES string of the molecule is NNC(=O)C1CCC(CSc2ncnc3ccccc23)O1. The zero-order valence-electron chi connectivity index (χ0n) is 11.4. The fourth-order valence-corrected chi connectivity index (χ4v) is 3.42. The van der Waals surface area contributed by atoms with Crippen LogP contribution in [0.15, 0.2) is 35.6 Å². The first-order chi connectivity index (χ1) is 10.3. The maximum Gasteiger partial charge on any atom is 0.263 e. The van der Waals surface area contributed by atoms with Crippen molar-refractivity contribution in [3.63, 3.8) is 0 Å². The molecule has 6 nitrogen and oxygen atoms in total. The number of hydrogen-bond acceptors (Lipinski definition) is 6. The van der Waals surface area contributed by atoms with E-state index in [4.69, 9.17) is 10.6 Å². The van der Waals surface area contributed by atoms with Crippen LogP contribution in [-0.4, -0.2) is 33.8 Å². The molecule has 110 valence electrons. The summed E-state index contributed by atoms with van der Waals surface area (Å²) in [5, 5.41) is 1.98. The summed E-state index contributed by atoms with van der Waals surface area (Å²) in [7, 11) is 0. The summed E-state index contributed by atoms with van der Waals surface area (Å²) in [6.07, 6.45) is 2.76. The van der Waals surface area contributed by atoms with Crippen molar-refractivity contribution in [2.45, 2.75) is 30.1 Å². The summed E-state index contributed by atoms with van der Waals surface area (Å²) in [5.74, 6) is 5.63. The Morgan fingerprint density at radius 1 is 1.38 bits per heavy atom. The minimum atomic E-state index is -0.428. The van der Waals surface area contributed by atoms with Gasteiger partial charge in [0.15, 0.2) is 0 Å². The number of amides is 1. The van der Waals surface area contributed by atoms with Gasteiger partial charge < -0.3 is 4.74 Å². The number of fused-ring (bicyclic) bond motifs is 1. The van der Waals surface area contributed by atoms with Crippen molar-refractivity contribution in [3.8, 4) is 0 Å². The molecule has 7 heteroatoms. The highest BCUT2D eigenvalue weighted by molar-refractivity contribution is 7.99. The van der Waals surface area contributed by atoms with Crippen molar-refractivity contribution in [3.05, 3.63) is 30.6 Å². The van der Waals surface area contributed by atoms with E-state index in [1.54, 1.807) is 18.1 Å². The van der Waals surface area contributed by atoms with Crippen LogP contribution < -0.4 is 11.3 Å². The van der Waals surface area contributed by atoms with Gasteiger partial charge in [0.1, 0.15) is 17.5 Å². The molecule has 2 atom stereocenters. The normalized spacial score (nSPS) is 21.6. The molecule has 1 fully saturated rings. The number of rotatable bonds is 4. The number of nitrogens with zero attached hydrogens (tertiary/aromatic N) is 2. The molecule has 1 aliphatic heterocycles. The van der Waals surface area contributed by atoms with Crippen molar-refractivity contribution >= 4 is 28.6 Å². The van der Waals surface area contributed by atoms with Crippen molar-refractivity contribution in [2.24, 2.45) is 5.84 Å². The highest BCUT2D eigenvalue weighted by atomic mass is 32.2. The lowest BCUT2D eigenvalue weighted by atomic mass is 10.2. The first kappa shape index (κ1) is 14.2. The molecule has 3 rings (SSSR count). The van der Waals surface area contributed by atoms with Gasteiger partial charge in [-0.05, 0) is 18.9 Å². The molecule has 1 aromatic heterocycles. The number of carbonyl (C=O) groups excluding carboxylic acids is 1. The van der Waals surface area contributed by atoms with Gasteiger partial charge in [-0.25, -0.2) is 15.8 Å². The van der Waals surface area contributed by atoms with Gasteiger partial charge in [0.2, 0.25) is 0 Å². The van der Waals surface area contributed by atoms with Crippen LogP contribution in [0.1, 0.15) is 12.8 Å². The second-order valence-electron chi connectivity index (χ2n) is 4.84. The molecule has 1 aliphatic rings. The van der Waals surface area contributed by atoms with Crippen molar-refractivity contribution < 1.29 is 9.53 Å². The van der Waals surface area contributed by atoms with Gasteiger partial charge in [0.05, 0.1) is 11.6 Å². The predicted molar refractivity (Wildman–Crippen MR) is 80.5 cm³/mol. The Kier molecular flexibility index (Phi) is 4.33. The number of carbonyl (C=O) groups is 1. The number of hydrogen-bond donors (Lipinski definition) is 2. The molecule has 2 heterocycles. The highest BCUT2D eigenvalue weighted by Gasteiger charge is 2.30. The van der Waals surface area contributed by atoms with Gasteiger partial charge in [0, 0.05) is 11.1 Å². The number of hydrazine groups is 1. The van der Waals surface area contributed by atoms with Crippen LogP contribution in [0.25, 0.3) is 10.9 Å². The largest absolute Gasteiger partial charge is 0.364 e. The molecule has 2 aromatic rings. The van der Waals surface area contributed by atoms with E-state index < -0.39 is 6.10 Å². The molecule has 1 amide bonds.